The number of hydrogen-bond acceptors (Lipinski definition) is 5. The third kappa shape index (κ3) is 4.71. The number of rotatable bonds is 4. The van der Waals surface area contributed by atoms with Crippen LogP contribution in [-0.4, -0.2) is 46.2 Å². The van der Waals surface area contributed by atoms with E-state index in [1.807, 2.05) is 18.4 Å². The zero-order valence-electron chi connectivity index (χ0n) is 14.6. The first-order valence-electron chi connectivity index (χ1n) is 8.37. The van der Waals surface area contributed by atoms with Gasteiger partial charge in [0.05, 0.1) is 12.1 Å². The Morgan fingerprint density at radius 2 is 2.07 bits per heavy atom. The minimum absolute atomic E-state index is 0.113. The molecule has 0 radical (unpaired) electrons. The number of alkyl halides is 3. The van der Waals surface area contributed by atoms with E-state index in [0.717, 1.165) is 17.2 Å². The van der Waals surface area contributed by atoms with Crippen molar-refractivity contribution in [2.75, 3.05) is 19.3 Å². The maximum Gasteiger partial charge on any atom is 0.433 e. The Bertz CT molecular complexity index is 816. The molecule has 1 aliphatic heterocycles. The summed E-state index contributed by atoms with van der Waals surface area (Å²) in [5, 5.41) is 0. The average molecular weight is 397 g/mol. The van der Waals surface area contributed by atoms with Gasteiger partial charge in [-0.3, -0.25) is 4.79 Å². The first kappa shape index (κ1) is 19.5. The Hall–Kier alpha value is -2.29. The molecule has 1 aromatic carbocycles. The van der Waals surface area contributed by atoms with Crippen LogP contribution >= 0.6 is 11.8 Å². The number of thioether (sulfide) groups is 1. The number of benzene rings is 1. The molecule has 0 spiro atoms. The summed E-state index contributed by atoms with van der Waals surface area (Å²) < 4.78 is 43.9. The predicted molar refractivity (Wildman–Crippen MR) is 94.8 cm³/mol. The Balaban J connectivity index is 1.70. The average Bonchev–Trinajstić information content (AvgIpc) is 2.67. The van der Waals surface area contributed by atoms with Crippen molar-refractivity contribution < 1.29 is 22.7 Å². The van der Waals surface area contributed by atoms with Gasteiger partial charge in [-0.1, -0.05) is 12.1 Å². The number of piperidine rings is 1. The van der Waals surface area contributed by atoms with E-state index in [2.05, 4.69) is 9.97 Å². The summed E-state index contributed by atoms with van der Waals surface area (Å²) in [6.07, 6.45) is -0.778. The minimum atomic E-state index is -4.56. The number of halogens is 3. The van der Waals surface area contributed by atoms with Crippen LogP contribution in [0.1, 0.15) is 28.9 Å². The molecule has 2 aromatic rings. The van der Waals surface area contributed by atoms with Crippen LogP contribution in [0, 0.1) is 0 Å². The number of amides is 1. The molecule has 3 rings (SSSR count). The second kappa shape index (κ2) is 8.16. The van der Waals surface area contributed by atoms with Crippen LogP contribution in [0.5, 0.6) is 6.01 Å². The van der Waals surface area contributed by atoms with Crippen LogP contribution in [0.25, 0.3) is 0 Å². The van der Waals surface area contributed by atoms with Gasteiger partial charge in [-0.15, -0.1) is 11.8 Å². The summed E-state index contributed by atoms with van der Waals surface area (Å²) in [6.45, 7) is 0.853. The normalized spacial score (nSPS) is 17.6. The lowest BCUT2D eigenvalue weighted by molar-refractivity contribution is -0.141. The minimum Gasteiger partial charge on any atom is -0.458 e. The smallest absolute Gasteiger partial charge is 0.433 e. The number of hydrogen-bond donors (Lipinski definition) is 0. The summed E-state index contributed by atoms with van der Waals surface area (Å²) in [6, 6.07) is 7.80. The third-order valence-electron chi connectivity index (χ3n) is 4.20. The van der Waals surface area contributed by atoms with Gasteiger partial charge in [-0.05, 0) is 37.3 Å². The van der Waals surface area contributed by atoms with Crippen molar-refractivity contribution in [2.45, 2.75) is 30.0 Å². The standard InChI is InChI=1S/C18H18F3N3O2S/c1-27-14-7-3-2-6-13(14)16(25)24-10-4-5-12(11-24)26-17-22-9-8-15(23-17)18(19,20)21/h2-3,6-9,12H,4-5,10-11H2,1H3. The van der Waals surface area contributed by atoms with Crippen LogP contribution < -0.4 is 4.74 Å². The number of nitrogens with zero attached hydrogens (tertiary/aromatic N) is 3. The largest absolute Gasteiger partial charge is 0.458 e. The Labute approximate surface area is 158 Å². The van der Waals surface area contributed by atoms with Crippen molar-refractivity contribution >= 4 is 17.7 Å². The van der Waals surface area contributed by atoms with Crippen LogP contribution in [0.15, 0.2) is 41.4 Å². The maximum absolute atomic E-state index is 12.8. The van der Waals surface area contributed by atoms with Crippen LogP contribution in [0.2, 0.25) is 0 Å². The molecule has 0 aliphatic carbocycles. The highest BCUT2D eigenvalue weighted by atomic mass is 32.2. The molecule has 144 valence electrons. The van der Waals surface area contributed by atoms with E-state index in [4.69, 9.17) is 4.74 Å². The van der Waals surface area contributed by atoms with Crippen LogP contribution in [-0.2, 0) is 6.18 Å². The molecule has 1 fully saturated rings. The zero-order chi connectivity index (χ0) is 19.4. The van der Waals surface area contributed by atoms with Crippen LogP contribution in [0.3, 0.4) is 0 Å². The summed E-state index contributed by atoms with van der Waals surface area (Å²) in [5.41, 5.74) is -0.439. The number of carbonyl (C=O) groups is 1. The molecule has 1 unspecified atom stereocenters. The quantitative estimate of drug-likeness (QED) is 0.733. The number of ether oxygens (including phenoxy) is 1. The van der Waals surface area contributed by atoms with Crippen molar-refractivity contribution in [1.82, 2.24) is 14.9 Å². The highest BCUT2D eigenvalue weighted by Gasteiger charge is 2.33. The van der Waals surface area contributed by atoms with E-state index in [1.54, 1.807) is 17.0 Å². The molecule has 1 aromatic heterocycles. The molecule has 2 heterocycles. The van der Waals surface area contributed by atoms with E-state index >= 15 is 0 Å². The summed E-state index contributed by atoms with van der Waals surface area (Å²) in [5.74, 6) is -0.113. The molecule has 1 saturated heterocycles. The number of aromatic nitrogens is 2. The van der Waals surface area contributed by atoms with Gasteiger partial charge in [-0.2, -0.15) is 18.2 Å². The first-order chi connectivity index (χ1) is 12.9. The fourth-order valence-corrected chi connectivity index (χ4v) is 3.50. The van der Waals surface area contributed by atoms with E-state index in [1.165, 1.54) is 11.8 Å². The molecule has 27 heavy (non-hydrogen) atoms. The lowest BCUT2D eigenvalue weighted by atomic mass is 10.1. The van der Waals surface area contributed by atoms with E-state index in [-0.39, 0.29) is 18.5 Å². The Morgan fingerprint density at radius 3 is 2.81 bits per heavy atom. The summed E-state index contributed by atoms with van der Waals surface area (Å²) >= 11 is 1.49. The second-order valence-corrected chi connectivity index (χ2v) is 6.90. The van der Waals surface area contributed by atoms with Gasteiger partial charge < -0.3 is 9.64 Å². The van der Waals surface area contributed by atoms with Crippen molar-refractivity contribution in [3.63, 3.8) is 0 Å². The second-order valence-electron chi connectivity index (χ2n) is 6.06. The SMILES string of the molecule is CSc1ccccc1C(=O)N1CCCC(Oc2nccc(C(F)(F)F)n2)C1. The fourth-order valence-electron chi connectivity index (χ4n) is 2.92. The summed E-state index contributed by atoms with van der Waals surface area (Å²) in [4.78, 5) is 22.6. The number of likely N-dealkylation sites (tertiary alicyclic amines) is 1. The topological polar surface area (TPSA) is 55.3 Å². The molecule has 1 atom stereocenters. The monoisotopic (exact) mass is 397 g/mol. The van der Waals surface area contributed by atoms with E-state index < -0.39 is 18.0 Å². The molecule has 5 nitrogen and oxygen atoms in total. The van der Waals surface area contributed by atoms with Gasteiger partial charge in [0.25, 0.3) is 5.91 Å². The van der Waals surface area contributed by atoms with E-state index in [0.29, 0.717) is 24.9 Å². The molecule has 0 N–H and O–H groups in total. The molecule has 0 bridgehead atoms. The zero-order valence-corrected chi connectivity index (χ0v) is 15.4. The Kier molecular flexibility index (Phi) is 5.88. The molecule has 9 heteroatoms. The summed E-state index contributed by atoms with van der Waals surface area (Å²) in [7, 11) is 0. The van der Waals surface area contributed by atoms with Crippen molar-refractivity contribution in [3.05, 3.63) is 47.8 Å². The fraction of sp³-hybridized carbons (Fsp3) is 0.389. The third-order valence-corrected chi connectivity index (χ3v) is 4.99. The van der Waals surface area contributed by atoms with E-state index in [9.17, 15) is 18.0 Å². The van der Waals surface area contributed by atoms with Gasteiger partial charge in [0.2, 0.25) is 0 Å². The van der Waals surface area contributed by atoms with Crippen molar-refractivity contribution in [1.29, 1.82) is 0 Å². The van der Waals surface area contributed by atoms with Gasteiger partial charge in [-0.25, -0.2) is 4.98 Å². The molecular weight excluding hydrogens is 379 g/mol. The van der Waals surface area contributed by atoms with Gasteiger partial charge in [0.15, 0.2) is 5.69 Å². The van der Waals surface area contributed by atoms with Gasteiger partial charge in [0.1, 0.15) is 6.10 Å². The predicted octanol–water partition coefficient (Wildman–Crippen LogP) is 3.90. The van der Waals surface area contributed by atoms with Crippen molar-refractivity contribution in [3.8, 4) is 6.01 Å². The highest BCUT2D eigenvalue weighted by molar-refractivity contribution is 7.98. The molecule has 0 saturated carbocycles. The van der Waals surface area contributed by atoms with Crippen LogP contribution in [0.4, 0.5) is 13.2 Å². The lowest BCUT2D eigenvalue weighted by Crippen LogP contribution is -2.44. The van der Waals surface area contributed by atoms with Gasteiger partial charge >= 0.3 is 12.2 Å². The highest BCUT2D eigenvalue weighted by Crippen LogP contribution is 2.28. The van der Waals surface area contributed by atoms with Crippen molar-refractivity contribution in [2.24, 2.45) is 0 Å². The lowest BCUT2D eigenvalue weighted by Gasteiger charge is -2.32. The maximum atomic E-state index is 12.8. The molecule has 1 amide bonds. The van der Waals surface area contributed by atoms with Gasteiger partial charge in [0, 0.05) is 17.6 Å². The molecular formula is C18H18F3N3O2S. The molecule has 1 aliphatic rings. The first-order valence-corrected chi connectivity index (χ1v) is 9.60. The number of carbonyl (C=O) groups excluding carboxylic acids is 1. The Morgan fingerprint density at radius 1 is 1.30 bits per heavy atom.